The topological polar surface area (TPSA) is 65.1 Å². The summed E-state index contributed by atoms with van der Waals surface area (Å²) in [6.45, 7) is 1.54. The number of nitrogens with zero attached hydrogens (tertiary/aromatic N) is 4. The molecule has 1 aliphatic rings. The maximum atomic E-state index is 13.8. The van der Waals surface area contributed by atoms with E-state index in [4.69, 9.17) is 0 Å². The highest BCUT2D eigenvalue weighted by Gasteiger charge is 2.28. The molecule has 2 aromatic heterocycles. The number of halogens is 2. The lowest BCUT2D eigenvalue weighted by Gasteiger charge is -2.32. The molecule has 1 unspecified atom stereocenters. The molecule has 6 nitrogen and oxygen atoms in total. The van der Waals surface area contributed by atoms with Gasteiger partial charge in [-0.3, -0.25) is 19.8 Å². The second-order valence-electron chi connectivity index (χ2n) is 6.55. The van der Waals surface area contributed by atoms with Crippen LogP contribution in [0.5, 0.6) is 0 Å². The summed E-state index contributed by atoms with van der Waals surface area (Å²) in [6.07, 6.45) is 5.38. The molecular formula is C17H21F2N5O. The zero-order valence-electron chi connectivity index (χ0n) is 14.3. The summed E-state index contributed by atoms with van der Waals surface area (Å²) in [6, 6.07) is 0. The van der Waals surface area contributed by atoms with E-state index in [0.29, 0.717) is 12.1 Å². The minimum absolute atomic E-state index is 0.0323. The number of H-pyrrole nitrogens is 1. The van der Waals surface area contributed by atoms with Crippen molar-refractivity contribution in [2.45, 2.75) is 25.3 Å². The third-order valence-electron chi connectivity index (χ3n) is 4.55. The Bertz CT molecular complexity index is 741. The summed E-state index contributed by atoms with van der Waals surface area (Å²) in [7, 11) is 3.39. The van der Waals surface area contributed by atoms with Crippen LogP contribution in [0.4, 0.5) is 8.78 Å². The average molecular weight is 349 g/mol. The van der Waals surface area contributed by atoms with Crippen LogP contribution in [-0.2, 0) is 6.54 Å². The molecule has 1 N–H and O–H groups in total. The molecule has 25 heavy (non-hydrogen) atoms. The van der Waals surface area contributed by atoms with Crippen molar-refractivity contribution < 1.29 is 13.6 Å². The van der Waals surface area contributed by atoms with Crippen molar-refractivity contribution in [1.82, 2.24) is 25.0 Å². The number of pyridine rings is 1. The number of hydrogen-bond donors (Lipinski definition) is 1. The number of carbonyl (C=O) groups excluding carboxylic acids is 1. The molecule has 1 atom stereocenters. The molecule has 0 bridgehead atoms. The van der Waals surface area contributed by atoms with Gasteiger partial charge in [0.2, 0.25) is 0 Å². The van der Waals surface area contributed by atoms with Gasteiger partial charge in [-0.25, -0.2) is 8.78 Å². The Hall–Kier alpha value is -2.35. The Labute approximate surface area is 144 Å². The molecular weight excluding hydrogens is 328 g/mol. The van der Waals surface area contributed by atoms with Gasteiger partial charge in [-0.1, -0.05) is 0 Å². The Kier molecular flexibility index (Phi) is 5.08. The zero-order valence-corrected chi connectivity index (χ0v) is 14.3. The van der Waals surface area contributed by atoms with Gasteiger partial charge < -0.3 is 4.90 Å². The quantitative estimate of drug-likeness (QED) is 0.919. The summed E-state index contributed by atoms with van der Waals surface area (Å²) < 4.78 is 27.7. The smallest absolute Gasteiger partial charge is 0.256 e. The molecule has 2 aromatic rings. The van der Waals surface area contributed by atoms with Crippen LogP contribution in [0.2, 0.25) is 0 Å². The molecule has 3 rings (SSSR count). The Morgan fingerprint density at radius 3 is 2.72 bits per heavy atom. The largest absolute Gasteiger partial charge is 0.345 e. The number of aromatic nitrogens is 3. The fraction of sp³-hybridized carbons (Fsp3) is 0.471. The number of carbonyl (C=O) groups is 1. The second-order valence-corrected chi connectivity index (χ2v) is 6.55. The van der Waals surface area contributed by atoms with Crippen LogP contribution >= 0.6 is 0 Å². The van der Waals surface area contributed by atoms with Crippen molar-refractivity contribution in [2.75, 3.05) is 27.2 Å². The molecule has 0 aromatic carbocycles. The minimum atomic E-state index is -0.632. The maximum absolute atomic E-state index is 13.8. The van der Waals surface area contributed by atoms with Crippen LogP contribution in [0.1, 0.15) is 40.4 Å². The van der Waals surface area contributed by atoms with E-state index in [9.17, 15) is 13.6 Å². The van der Waals surface area contributed by atoms with Crippen molar-refractivity contribution >= 4 is 5.91 Å². The van der Waals surface area contributed by atoms with E-state index >= 15 is 0 Å². The highest BCUT2D eigenvalue weighted by Crippen LogP contribution is 2.29. The first-order valence-electron chi connectivity index (χ1n) is 8.22. The molecule has 0 spiro atoms. The molecule has 1 saturated heterocycles. The fourth-order valence-electron chi connectivity index (χ4n) is 3.27. The molecule has 134 valence electrons. The summed E-state index contributed by atoms with van der Waals surface area (Å²) in [5.74, 6) is -1.30. The van der Waals surface area contributed by atoms with Crippen LogP contribution in [0.25, 0.3) is 0 Å². The third-order valence-corrected chi connectivity index (χ3v) is 4.55. The van der Waals surface area contributed by atoms with Gasteiger partial charge in [-0.2, -0.15) is 5.10 Å². The van der Waals surface area contributed by atoms with Crippen molar-refractivity contribution in [3.8, 4) is 0 Å². The third kappa shape index (κ3) is 3.68. The normalized spacial score (nSPS) is 18.3. The molecule has 3 heterocycles. The first-order chi connectivity index (χ1) is 12.0. The summed E-state index contributed by atoms with van der Waals surface area (Å²) >= 11 is 0. The molecule has 1 aliphatic heterocycles. The maximum Gasteiger partial charge on any atom is 0.256 e. The molecule has 0 radical (unpaired) electrons. The predicted molar refractivity (Wildman–Crippen MR) is 88.0 cm³/mol. The van der Waals surface area contributed by atoms with E-state index in [1.54, 1.807) is 20.3 Å². The summed E-state index contributed by atoms with van der Waals surface area (Å²) in [5.41, 5.74) is 1.38. The predicted octanol–water partition coefficient (Wildman–Crippen LogP) is 2.16. The van der Waals surface area contributed by atoms with Gasteiger partial charge in [0.25, 0.3) is 5.91 Å². The van der Waals surface area contributed by atoms with Gasteiger partial charge in [0.1, 0.15) is 11.6 Å². The van der Waals surface area contributed by atoms with E-state index in [-0.39, 0.29) is 23.9 Å². The highest BCUT2D eigenvalue weighted by molar-refractivity contribution is 5.94. The highest BCUT2D eigenvalue weighted by atomic mass is 19.1. The Morgan fingerprint density at radius 1 is 1.32 bits per heavy atom. The van der Waals surface area contributed by atoms with E-state index in [2.05, 4.69) is 15.2 Å². The molecule has 8 heteroatoms. The Morgan fingerprint density at radius 2 is 2.04 bits per heavy atom. The number of piperidine rings is 1. The van der Waals surface area contributed by atoms with Crippen LogP contribution in [0, 0.1) is 11.6 Å². The number of aromatic amines is 1. The van der Waals surface area contributed by atoms with Gasteiger partial charge >= 0.3 is 0 Å². The van der Waals surface area contributed by atoms with E-state index in [0.717, 1.165) is 37.5 Å². The molecule has 1 fully saturated rings. The van der Waals surface area contributed by atoms with Crippen molar-refractivity contribution in [2.24, 2.45) is 0 Å². The van der Waals surface area contributed by atoms with E-state index in [1.165, 1.54) is 4.90 Å². The number of hydrogen-bond acceptors (Lipinski definition) is 4. The van der Waals surface area contributed by atoms with Gasteiger partial charge in [-0.15, -0.1) is 0 Å². The van der Waals surface area contributed by atoms with Crippen LogP contribution in [0.15, 0.2) is 18.6 Å². The molecule has 1 amide bonds. The fourth-order valence-corrected chi connectivity index (χ4v) is 3.27. The lowest BCUT2D eigenvalue weighted by atomic mass is 9.92. The van der Waals surface area contributed by atoms with Crippen LogP contribution in [-0.4, -0.2) is 58.1 Å². The van der Waals surface area contributed by atoms with Gasteiger partial charge in [-0.05, 0) is 19.4 Å². The van der Waals surface area contributed by atoms with E-state index < -0.39 is 11.6 Å². The summed E-state index contributed by atoms with van der Waals surface area (Å²) in [5, 5.41) is 6.95. The number of nitrogens with one attached hydrogen (secondary N) is 1. The van der Waals surface area contributed by atoms with Crippen molar-refractivity contribution in [1.29, 1.82) is 0 Å². The SMILES string of the molecule is CN(C)C(=O)c1cn[nH]c1C1CCCN(Cc2c(F)cncc2F)C1. The zero-order chi connectivity index (χ0) is 18.0. The monoisotopic (exact) mass is 349 g/mol. The number of likely N-dealkylation sites (tertiary alicyclic amines) is 1. The average Bonchev–Trinajstić information content (AvgIpc) is 3.07. The first kappa shape index (κ1) is 17.5. The summed E-state index contributed by atoms with van der Waals surface area (Å²) in [4.78, 5) is 19.3. The lowest BCUT2D eigenvalue weighted by molar-refractivity contribution is 0.0825. The first-order valence-corrected chi connectivity index (χ1v) is 8.22. The van der Waals surface area contributed by atoms with E-state index in [1.807, 2.05) is 4.90 Å². The van der Waals surface area contributed by atoms with Crippen LogP contribution in [0.3, 0.4) is 0 Å². The van der Waals surface area contributed by atoms with Crippen LogP contribution < -0.4 is 0 Å². The van der Waals surface area contributed by atoms with Gasteiger partial charge in [0.15, 0.2) is 0 Å². The number of rotatable bonds is 4. The van der Waals surface area contributed by atoms with Crippen molar-refractivity contribution in [3.63, 3.8) is 0 Å². The minimum Gasteiger partial charge on any atom is -0.345 e. The number of amides is 1. The van der Waals surface area contributed by atoms with Crippen molar-refractivity contribution in [3.05, 3.63) is 47.0 Å². The van der Waals surface area contributed by atoms with Gasteiger partial charge in [0.05, 0.1) is 29.8 Å². The standard InChI is InChI=1S/C17H21F2N5O/c1-23(2)17(25)12-6-21-22-16(12)11-4-3-5-24(9-11)10-13-14(18)7-20-8-15(13)19/h6-8,11H,3-5,9-10H2,1-2H3,(H,21,22). The molecule has 0 aliphatic carbocycles. The lowest BCUT2D eigenvalue weighted by Crippen LogP contribution is -2.35. The van der Waals surface area contributed by atoms with Gasteiger partial charge in [0, 0.05) is 38.7 Å². The molecule has 0 saturated carbocycles. The second kappa shape index (κ2) is 7.26. The Balaban J connectivity index is 1.76.